The number of hydrogen-bond donors (Lipinski definition) is 2. The molecule has 1 fully saturated rings. The molecule has 0 saturated heterocycles. The van der Waals surface area contributed by atoms with E-state index in [0.29, 0.717) is 25.3 Å². The van der Waals surface area contributed by atoms with Gasteiger partial charge in [-0.25, -0.2) is 4.79 Å². The summed E-state index contributed by atoms with van der Waals surface area (Å²) >= 11 is 0. The Morgan fingerprint density at radius 3 is 2.38 bits per heavy atom. The third kappa shape index (κ3) is 5.28. The van der Waals surface area contributed by atoms with Crippen molar-refractivity contribution in [1.29, 1.82) is 0 Å². The van der Waals surface area contributed by atoms with Crippen LogP contribution in [0.25, 0.3) is 0 Å². The van der Waals surface area contributed by atoms with Gasteiger partial charge >= 0.3 is 5.97 Å². The lowest BCUT2D eigenvalue weighted by Gasteiger charge is -2.34. The van der Waals surface area contributed by atoms with Crippen molar-refractivity contribution < 1.29 is 14.7 Å². The van der Waals surface area contributed by atoms with Gasteiger partial charge in [-0.05, 0) is 49.7 Å². The molecule has 0 radical (unpaired) electrons. The molecule has 29 heavy (non-hydrogen) atoms. The number of pyridine rings is 1. The number of carbonyl (C=O) groups excluding carboxylic acids is 1. The standard InChI is InChI=1S/C23H36N2O4/c1-5-10-19-17(6-2)15-18(21(27)25(19)14-11-16(3)4)20(26)24-23(22(28)29)12-8-7-9-13-23/h15-16H,5-14H2,1-4H3,(H,24,26)(H,28,29). The van der Waals surface area contributed by atoms with Crippen LogP contribution in [-0.2, 0) is 24.2 Å². The van der Waals surface area contributed by atoms with Crippen molar-refractivity contribution in [3.8, 4) is 0 Å². The zero-order chi connectivity index (χ0) is 21.6. The molecule has 6 nitrogen and oxygen atoms in total. The average molecular weight is 405 g/mol. The van der Waals surface area contributed by atoms with Crippen LogP contribution in [0.15, 0.2) is 10.9 Å². The second-order valence-corrected chi connectivity index (χ2v) is 8.67. The quantitative estimate of drug-likeness (QED) is 0.653. The Labute approximate surface area is 173 Å². The molecule has 1 aliphatic carbocycles. The number of rotatable bonds is 9. The lowest BCUT2D eigenvalue weighted by Crippen LogP contribution is -2.56. The van der Waals surface area contributed by atoms with Gasteiger partial charge in [0.1, 0.15) is 11.1 Å². The highest BCUT2D eigenvalue weighted by Gasteiger charge is 2.41. The number of hydrogen-bond acceptors (Lipinski definition) is 3. The molecule has 0 bridgehead atoms. The number of nitrogens with one attached hydrogen (secondary N) is 1. The summed E-state index contributed by atoms with van der Waals surface area (Å²) in [4.78, 5) is 38.3. The molecule has 1 aromatic heterocycles. The number of amides is 1. The Bertz CT molecular complexity index is 789. The fourth-order valence-corrected chi connectivity index (χ4v) is 4.22. The molecule has 0 atom stereocenters. The highest BCUT2D eigenvalue weighted by Crippen LogP contribution is 2.29. The van der Waals surface area contributed by atoms with Gasteiger partial charge < -0.3 is 15.0 Å². The van der Waals surface area contributed by atoms with Gasteiger partial charge in [0, 0.05) is 12.2 Å². The van der Waals surface area contributed by atoms with E-state index in [2.05, 4.69) is 26.1 Å². The van der Waals surface area contributed by atoms with Crippen LogP contribution in [-0.4, -0.2) is 27.1 Å². The van der Waals surface area contributed by atoms with Crippen molar-refractivity contribution >= 4 is 11.9 Å². The third-order valence-electron chi connectivity index (χ3n) is 6.00. The van der Waals surface area contributed by atoms with E-state index in [1.54, 1.807) is 10.6 Å². The summed E-state index contributed by atoms with van der Waals surface area (Å²) in [5.41, 5.74) is 0.493. The first-order valence-corrected chi connectivity index (χ1v) is 11.1. The molecule has 1 saturated carbocycles. The van der Waals surface area contributed by atoms with Gasteiger partial charge in [-0.2, -0.15) is 0 Å². The minimum absolute atomic E-state index is 0.0663. The molecular formula is C23H36N2O4. The summed E-state index contributed by atoms with van der Waals surface area (Å²) in [5, 5.41) is 12.5. The summed E-state index contributed by atoms with van der Waals surface area (Å²) < 4.78 is 1.76. The second kappa shape index (κ2) is 10.1. The summed E-state index contributed by atoms with van der Waals surface area (Å²) in [6.07, 6.45) is 6.60. The normalized spacial score (nSPS) is 16.0. The number of nitrogens with zero attached hydrogens (tertiary/aromatic N) is 1. The number of aryl methyl sites for hydroxylation is 1. The molecule has 162 valence electrons. The van der Waals surface area contributed by atoms with Crippen LogP contribution in [0.3, 0.4) is 0 Å². The maximum atomic E-state index is 13.3. The van der Waals surface area contributed by atoms with Crippen molar-refractivity contribution in [1.82, 2.24) is 9.88 Å². The Kier molecular flexibility index (Phi) is 8.05. The summed E-state index contributed by atoms with van der Waals surface area (Å²) in [6, 6.07) is 1.69. The van der Waals surface area contributed by atoms with Gasteiger partial charge in [-0.1, -0.05) is 53.4 Å². The first kappa shape index (κ1) is 23.2. The van der Waals surface area contributed by atoms with Crippen molar-refractivity contribution in [2.75, 3.05) is 0 Å². The Morgan fingerprint density at radius 2 is 1.86 bits per heavy atom. The lowest BCUT2D eigenvalue weighted by molar-refractivity contribution is -0.145. The Hall–Kier alpha value is -2.11. The number of carboxylic acids is 1. The fourth-order valence-electron chi connectivity index (χ4n) is 4.22. The number of carboxylic acid groups (broad SMARTS) is 1. The van der Waals surface area contributed by atoms with E-state index < -0.39 is 17.4 Å². The number of aliphatic carboxylic acids is 1. The minimum Gasteiger partial charge on any atom is -0.480 e. The minimum atomic E-state index is -1.26. The van der Waals surface area contributed by atoms with Gasteiger partial charge in [0.15, 0.2) is 0 Å². The van der Waals surface area contributed by atoms with Crippen LogP contribution in [0.5, 0.6) is 0 Å². The SMILES string of the molecule is CCCc1c(CC)cc(C(=O)NC2(C(=O)O)CCCCC2)c(=O)n1CCC(C)C. The Balaban J connectivity index is 2.47. The van der Waals surface area contributed by atoms with E-state index in [4.69, 9.17) is 0 Å². The van der Waals surface area contributed by atoms with E-state index >= 15 is 0 Å². The first-order chi connectivity index (χ1) is 13.8. The van der Waals surface area contributed by atoms with E-state index in [1.807, 2.05) is 6.92 Å². The fraction of sp³-hybridized carbons (Fsp3) is 0.696. The maximum absolute atomic E-state index is 13.3. The zero-order valence-corrected chi connectivity index (χ0v) is 18.3. The predicted molar refractivity (Wildman–Crippen MR) is 114 cm³/mol. The highest BCUT2D eigenvalue weighted by atomic mass is 16.4. The van der Waals surface area contributed by atoms with Crippen LogP contribution in [0, 0.1) is 5.92 Å². The van der Waals surface area contributed by atoms with E-state index in [1.165, 1.54) is 0 Å². The molecule has 1 heterocycles. The van der Waals surface area contributed by atoms with Gasteiger partial charge in [-0.3, -0.25) is 9.59 Å². The second-order valence-electron chi connectivity index (χ2n) is 8.67. The number of carbonyl (C=O) groups is 2. The lowest BCUT2D eigenvalue weighted by atomic mass is 9.81. The monoisotopic (exact) mass is 404 g/mol. The van der Waals surface area contributed by atoms with Crippen LogP contribution in [0.1, 0.15) is 94.3 Å². The summed E-state index contributed by atoms with van der Waals surface area (Å²) in [5.74, 6) is -1.13. The van der Waals surface area contributed by atoms with Gasteiger partial charge in [0.25, 0.3) is 11.5 Å². The average Bonchev–Trinajstić information content (AvgIpc) is 2.68. The van der Waals surface area contributed by atoms with Crippen LogP contribution in [0.4, 0.5) is 0 Å². The van der Waals surface area contributed by atoms with E-state index in [-0.39, 0.29) is 11.1 Å². The molecule has 1 aromatic rings. The largest absolute Gasteiger partial charge is 0.480 e. The topological polar surface area (TPSA) is 88.4 Å². The van der Waals surface area contributed by atoms with Crippen LogP contribution in [0.2, 0.25) is 0 Å². The molecule has 0 spiro atoms. The van der Waals surface area contributed by atoms with Crippen molar-refractivity contribution in [2.24, 2.45) is 5.92 Å². The smallest absolute Gasteiger partial charge is 0.329 e. The van der Waals surface area contributed by atoms with Crippen LogP contribution < -0.4 is 10.9 Å². The number of aromatic nitrogens is 1. The molecule has 0 unspecified atom stereocenters. The molecule has 1 aliphatic rings. The third-order valence-corrected chi connectivity index (χ3v) is 6.00. The molecular weight excluding hydrogens is 368 g/mol. The van der Waals surface area contributed by atoms with Crippen LogP contribution >= 0.6 is 0 Å². The summed E-state index contributed by atoms with van der Waals surface area (Å²) in [7, 11) is 0. The highest BCUT2D eigenvalue weighted by molar-refractivity contribution is 5.97. The predicted octanol–water partition coefficient (Wildman–Crippen LogP) is 3.93. The van der Waals surface area contributed by atoms with E-state index in [0.717, 1.165) is 56.2 Å². The molecule has 2 N–H and O–H groups in total. The zero-order valence-electron chi connectivity index (χ0n) is 18.3. The van der Waals surface area contributed by atoms with Crippen molar-refractivity contribution in [3.63, 3.8) is 0 Å². The molecule has 6 heteroatoms. The Morgan fingerprint density at radius 1 is 1.21 bits per heavy atom. The molecule has 1 amide bonds. The molecule has 0 aliphatic heterocycles. The molecule has 0 aromatic carbocycles. The first-order valence-electron chi connectivity index (χ1n) is 11.1. The van der Waals surface area contributed by atoms with Gasteiger partial charge in [0.05, 0.1) is 0 Å². The van der Waals surface area contributed by atoms with E-state index in [9.17, 15) is 19.5 Å². The summed E-state index contributed by atoms with van der Waals surface area (Å²) in [6.45, 7) is 8.90. The van der Waals surface area contributed by atoms with Gasteiger partial charge in [-0.15, -0.1) is 0 Å². The molecule has 2 rings (SSSR count). The maximum Gasteiger partial charge on any atom is 0.329 e. The van der Waals surface area contributed by atoms with Crippen molar-refractivity contribution in [2.45, 2.75) is 97.6 Å². The van der Waals surface area contributed by atoms with Crippen molar-refractivity contribution in [3.05, 3.63) is 33.2 Å². The van der Waals surface area contributed by atoms with Gasteiger partial charge in [0.2, 0.25) is 0 Å².